The van der Waals surface area contributed by atoms with Crippen molar-refractivity contribution in [3.05, 3.63) is 0 Å². The van der Waals surface area contributed by atoms with Gasteiger partial charge in [-0.05, 0) is 51.4 Å². The molecule has 4 aliphatic rings. The van der Waals surface area contributed by atoms with E-state index >= 15 is 0 Å². The number of unbranched alkanes of at least 4 members (excludes halogenated alkanes) is 4. The molecule has 2 aliphatic carbocycles. The molecule has 4 atom stereocenters. The molecular formula is C33H58N4O4+2. The van der Waals surface area contributed by atoms with E-state index in [0.717, 1.165) is 99.4 Å². The van der Waals surface area contributed by atoms with Crippen molar-refractivity contribution in [2.45, 2.75) is 96.3 Å². The molecule has 0 aromatic heterocycles. The third-order valence-corrected chi connectivity index (χ3v) is 10.7. The van der Waals surface area contributed by atoms with Crippen LogP contribution in [0, 0.1) is 23.7 Å². The average molecular weight is 575 g/mol. The van der Waals surface area contributed by atoms with Gasteiger partial charge in [-0.1, -0.05) is 32.1 Å². The van der Waals surface area contributed by atoms with Gasteiger partial charge < -0.3 is 8.97 Å². The number of nitrogens with zero attached hydrogens (tertiary/aromatic N) is 4. The van der Waals surface area contributed by atoms with Crippen LogP contribution < -0.4 is 0 Å². The van der Waals surface area contributed by atoms with Crippen LogP contribution in [0.5, 0.6) is 0 Å². The summed E-state index contributed by atoms with van der Waals surface area (Å²) in [6.45, 7) is 5.43. The molecule has 4 rings (SSSR count). The highest BCUT2D eigenvalue weighted by Gasteiger charge is 2.48. The Morgan fingerprint density at radius 2 is 0.732 bits per heavy atom. The Labute approximate surface area is 248 Å². The van der Waals surface area contributed by atoms with Gasteiger partial charge in [0.05, 0.1) is 78.0 Å². The first-order chi connectivity index (χ1) is 19.5. The first-order valence-corrected chi connectivity index (χ1v) is 16.9. The molecule has 2 heterocycles. The smallest absolute Gasteiger partial charge is 0.233 e. The molecule has 0 aromatic rings. The van der Waals surface area contributed by atoms with E-state index in [1.54, 1.807) is 9.80 Å². The van der Waals surface area contributed by atoms with Crippen molar-refractivity contribution in [2.75, 3.05) is 67.5 Å². The zero-order valence-electron chi connectivity index (χ0n) is 26.6. The van der Waals surface area contributed by atoms with Crippen LogP contribution in [0.15, 0.2) is 0 Å². The number of carbonyl (C=O) groups is 4. The van der Waals surface area contributed by atoms with Gasteiger partial charge in [0.15, 0.2) is 0 Å². The molecule has 41 heavy (non-hydrogen) atoms. The Morgan fingerprint density at radius 1 is 0.463 bits per heavy atom. The highest BCUT2D eigenvalue weighted by molar-refractivity contribution is 6.05. The second-order valence-corrected chi connectivity index (χ2v) is 14.9. The van der Waals surface area contributed by atoms with E-state index in [1.807, 2.05) is 0 Å². The van der Waals surface area contributed by atoms with Crippen LogP contribution >= 0.6 is 0 Å². The van der Waals surface area contributed by atoms with Gasteiger partial charge in [-0.25, -0.2) is 0 Å². The third-order valence-electron chi connectivity index (χ3n) is 10.7. The van der Waals surface area contributed by atoms with Crippen molar-refractivity contribution >= 4 is 23.6 Å². The van der Waals surface area contributed by atoms with E-state index < -0.39 is 0 Å². The summed E-state index contributed by atoms with van der Waals surface area (Å²) in [5.74, 6) is 0.277. The molecule has 2 aliphatic heterocycles. The zero-order valence-corrected chi connectivity index (χ0v) is 26.6. The molecule has 0 N–H and O–H groups in total. The number of rotatable bonds is 16. The molecule has 8 heteroatoms. The standard InChI is InChI=1S/C33H58N4O4/c1-36(2,24-14-20-34-30(38)26-16-8-9-17-27(26)31(34)39)22-12-6-5-7-13-23-37(3,4)25-15-21-35-32(40)28-18-10-11-19-29(28)33(35)41/h26-29H,5-25H2,1-4H3/q+2/t26-,27+,28-,29+. The molecule has 8 nitrogen and oxygen atoms in total. The van der Waals surface area contributed by atoms with E-state index in [-0.39, 0.29) is 47.3 Å². The predicted molar refractivity (Wildman–Crippen MR) is 160 cm³/mol. The van der Waals surface area contributed by atoms with Gasteiger partial charge >= 0.3 is 0 Å². The van der Waals surface area contributed by atoms with Crippen LogP contribution in [0.4, 0.5) is 0 Å². The minimum absolute atomic E-state index is 0.0289. The summed E-state index contributed by atoms with van der Waals surface area (Å²) >= 11 is 0. The number of amides is 4. The van der Waals surface area contributed by atoms with Gasteiger partial charge in [0, 0.05) is 25.9 Å². The van der Waals surface area contributed by atoms with E-state index in [0.29, 0.717) is 13.1 Å². The lowest BCUT2D eigenvalue weighted by Crippen LogP contribution is -2.43. The maximum atomic E-state index is 12.7. The number of hydrogen-bond donors (Lipinski definition) is 0. The maximum absolute atomic E-state index is 12.7. The summed E-state index contributed by atoms with van der Waals surface area (Å²) in [7, 11) is 9.07. The van der Waals surface area contributed by atoms with E-state index in [4.69, 9.17) is 0 Å². The van der Waals surface area contributed by atoms with Crippen LogP contribution in [-0.4, -0.2) is 110 Å². The van der Waals surface area contributed by atoms with Crippen molar-refractivity contribution in [2.24, 2.45) is 23.7 Å². The number of likely N-dealkylation sites (tertiary alicyclic amines) is 2. The quantitative estimate of drug-likeness (QED) is 0.157. The highest BCUT2D eigenvalue weighted by atomic mass is 16.2. The van der Waals surface area contributed by atoms with E-state index in [2.05, 4.69) is 28.2 Å². The van der Waals surface area contributed by atoms with Gasteiger partial charge in [0.2, 0.25) is 23.6 Å². The molecule has 0 radical (unpaired) electrons. The van der Waals surface area contributed by atoms with Crippen molar-refractivity contribution in [1.29, 1.82) is 0 Å². The molecule has 4 amide bonds. The minimum atomic E-state index is -0.0289. The average Bonchev–Trinajstić information content (AvgIpc) is 3.33. The van der Waals surface area contributed by atoms with Gasteiger partial charge in [0.25, 0.3) is 0 Å². The number of quaternary nitrogens is 2. The summed E-state index contributed by atoms with van der Waals surface area (Å²) in [4.78, 5) is 54.0. The second kappa shape index (κ2) is 14.1. The largest absolute Gasteiger partial charge is 0.328 e. The van der Waals surface area contributed by atoms with Gasteiger partial charge in [-0.15, -0.1) is 0 Å². The molecule has 4 fully saturated rings. The SMILES string of the molecule is C[N+](C)(CCCCCCC[N+](C)(C)CCCN1C(=O)[C@H]2CCCC[C@H]2C1=O)CCCN1C(=O)[C@H]2CCCC[C@H]2C1=O. The highest BCUT2D eigenvalue weighted by Crippen LogP contribution is 2.39. The summed E-state index contributed by atoms with van der Waals surface area (Å²) < 4.78 is 1.88. The zero-order chi connectivity index (χ0) is 29.6. The van der Waals surface area contributed by atoms with Crippen molar-refractivity contribution in [3.8, 4) is 0 Å². The fourth-order valence-corrected chi connectivity index (χ4v) is 8.05. The molecule has 0 bridgehead atoms. The summed E-state index contributed by atoms with van der Waals surface area (Å²) in [5.41, 5.74) is 0. The fourth-order valence-electron chi connectivity index (χ4n) is 8.05. The van der Waals surface area contributed by atoms with Gasteiger partial charge in [-0.3, -0.25) is 29.0 Å². The first-order valence-electron chi connectivity index (χ1n) is 16.9. The van der Waals surface area contributed by atoms with Gasteiger partial charge in [0.1, 0.15) is 0 Å². The molecule has 2 saturated carbocycles. The Balaban J connectivity index is 1.03. The number of fused-ring (bicyclic) bond motifs is 2. The van der Waals surface area contributed by atoms with Gasteiger partial charge in [-0.2, -0.15) is 0 Å². The van der Waals surface area contributed by atoms with E-state index in [9.17, 15) is 19.2 Å². The van der Waals surface area contributed by atoms with Crippen LogP contribution in [0.1, 0.15) is 96.3 Å². The Bertz CT molecular complexity index is 826. The molecule has 0 spiro atoms. The molecule has 0 unspecified atom stereocenters. The lowest BCUT2D eigenvalue weighted by Gasteiger charge is -2.31. The van der Waals surface area contributed by atoms with Crippen molar-refractivity contribution < 1.29 is 28.1 Å². The summed E-state index contributed by atoms with van der Waals surface area (Å²) in [5, 5.41) is 0. The Morgan fingerprint density at radius 3 is 1.05 bits per heavy atom. The molecule has 2 saturated heterocycles. The molecular weight excluding hydrogens is 516 g/mol. The first kappa shape index (κ1) is 32.1. The fraction of sp³-hybridized carbons (Fsp3) is 0.879. The van der Waals surface area contributed by atoms with Crippen LogP contribution in [0.2, 0.25) is 0 Å². The van der Waals surface area contributed by atoms with Crippen LogP contribution in [0.3, 0.4) is 0 Å². The number of carbonyl (C=O) groups excluding carboxylic acids is 4. The number of imide groups is 2. The van der Waals surface area contributed by atoms with Crippen LogP contribution in [0.25, 0.3) is 0 Å². The monoisotopic (exact) mass is 574 g/mol. The summed E-state index contributed by atoms with van der Waals surface area (Å²) in [6, 6.07) is 0. The molecule has 232 valence electrons. The van der Waals surface area contributed by atoms with Crippen LogP contribution in [-0.2, 0) is 19.2 Å². The number of hydrogen-bond acceptors (Lipinski definition) is 4. The van der Waals surface area contributed by atoms with Crippen molar-refractivity contribution in [1.82, 2.24) is 9.80 Å². The Hall–Kier alpha value is -1.80. The van der Waals surface area contributed by atoms with Crippen molar-refractivity contribution in [3.63, 3.8) is 0 Å². The summed E-state index contributed by atoms with van der Waals surface area (Å²) in [6.07, 6.45) is 15.8. The lowest BCUT2D eigenvalue weighted by molar-refractivity contribution is -0.890. The van der Waals surface area contributed by atoms with E-state index in [1.165, 1.54) is 32.1 Å². The minimum Gasteiger partial charge on any atom is -0.328 e. The lowest BCUT2D eigenvalue weighted by atomic mass is 9.81. The topological polar surface area (TPSA) is 74.8 Å². The molecule has 0 aromatic carbocycles. The Kier molecular flexibility index (Phi) is 11.1. The maximum Gasteiger partial charge on any atom is 0.233 e. The predicted octanol–water partition coefficient (Wildman–Crippen LogP) is 4.22. The third kappa shape index (κ3) is 8.19. The normalized spacial score (nSPS) is 27.1. The second-order valence-electron chi connectivity index (χ2n) is 14.9.